The van der Waals surface area contributed by atoms with Crippen LogP contribution in [0.1, 0.15) is 0 Å². The van der Waals surface area contributed by atoms with E-state index in [1.807, 2.05) is 24.3 Å². The highest BCUT2D eigenvalue weighted by atomic mass is 32.1. The first-order chi connectivity index (χ1) is 8.43. The molecule has 3 aromatic rings. The van der Waals surface area contributed by atoms with Crippen LogP contribution in [0.2, 0.25) is 0 Å². The van der Waals surface area contributed by atoms with Crippen molar-refractivity contribution in [3.8, 4) is 21.8 Å². The normalized spacial score (nSPS) is 9.26. The molecule has 0 aliphatic carbocycles. The molecule has 3 rings (SSSR count). The smallest absolute Gasteiger partial charge is 0.0809 e. The Labute approximate surface area is 116 Å². The molecule has 0 bridgehead atoms. The van der Waals surface area contributed by atoms with Crippen LogP contribution >= 0.6 is 11.3 Å². The highest BCUT2D eigenvalue weighted by Crippen LogP contribution is 2.25. The van der Waals surface area contributed by atoms with Gasteiger partial charge in [0.15, 0.2) is 0 Å². The number of rotatable bonds is 2. The predicted octanol–water partition coefficient (Wildman–Crippen LogP) is 3.81. The van der Waals surface area contributed by atoms with Crippen molar-refractivity contribution < 1.29 is 5.48 Å². The van der Waals surface area contributed by atoms with E-state index in [1.165, 1.54) is 4.88 Å². The SMILES string of the molecule is N.O.c1ccc(-c2cccc(-c3cccs3)n2)cc1. The van der Waals surface area contributed by atoms with Gasteiger partial charge in [-0.2, -0.15) is 0 Å². The summed E-state index contributed by atoms with van der Waals surface area (Å²) in [5.41, 5.74) is 3.23. The van der Waals surface area contributed by atoms with E-state index in [0.29, 0.717) is 0 Å². The minimum Gasteiger partial charge on any atom is -0.412 e. The number of nitrogens with zero attached hydrogens (tertiary/aromatic N) is 1. The molecule has 0 fully saturated rings. The van der Waals surface area contributed by atoms with Crippen LogP contribution in [0.3, 0.4) is 0 Å². The lowest BCUT2D eigenvalue weighted by molar-refractivity contribution is 0.824. The Kier molecular flexibility index (Phi) is 5.38. The fourth-order valence-electron chi connectivity index (χ4n) is 1.77. The van der Waals surface area contributed by atoms with Gasteiger partial charge in [-0.05, 0) is 23.6 Å². The van der Waals surface area contributed by atoms with Crippen molar-refractivity contribution in [2.24, 2.45) is 0 Å². The Bertz CT molecular complexity index is 609. The highest BCUT2D eigenvalue weighted by Gasteiger charge is 2.03. The van der Waals surface area contributed by atoms with Crippen LogP contribution in [0.5, 0.6) is 0 Å². The third-order valence-corrected chi connectivity index (χ3v) is 3.48. The van der Waals surface area contributed by atoms with Gasteiger partial charge in [-0.1, -0.05) is 42.5 Å². The second kappa shape index (κ2) is 6.80. The number of thiophene rings is 1. The summed E-state index contributed by atoms with van der Waals surface area (Å²) in [7, 11) is 0. The molecule has 0 saturated carbocycles. The minimum atomic E-state index is 0. The molecule has 4 heteroatoms. The van der Waals surface area contributed by atoms with Crippen LogP contribution in [0.4, 0.5) is 0 Å². The molecule has 19 heavy (non-hydrogen) atoms. The fourth-order valence-corrected chi connectivity index (χ4v) is 2.46. The van der Waals surface area contributed by atoms with Gasteiger partial charge in [0.1, 0.15) is 0 Å². The lowest BCUT2D eigenvalue weighted by Gasteiger charge is -2.02. The predicted molar refractivity (Wildman–Crippen MR) is 81.6 cm³/mol. The number of pyridine rings is 1. The first kappa shape index (κ1) is 15.0. The van der Waals surface area contributed by atoms with Crippen molar-refractivity contribution in [1.82, 2.24) is 11.1 Å². The largest absolute Gasteiger partial charge is 0.412 e. The molecular weight excluding hydrogens is 256 g/mol. The zero-order chi connectivity index (χ0) is 11.5. The number of hydrogen-bond donors (Lipinski definition) is 1. The van der Waals surface area contributed by atoms with Crippen LogP contribution in [0.25, 0.3) is 21.8 Å². The molecule has 0 amide bonds. The molecule has 0 unspecified atom stereocenters. The molecule has 0 atom stereocenters. The average molecular weight is 272 g/mol. The average Bonchev–Trinajstić information content (AvgIpc) is 2.94. The minimum absolute atomic E-state index is 0. The maximum absolute atomic E-state index is 4.70. The van der Waals surface area contributed by atoms with Gasteiger partial charge in [0.25, 0.3) is 0 Å². The standard InChI is InChI=1S/C15H11NS.H3N.H2O/c1-2-6-12(7-3-1)13-8-4-9-14(16-13)15-10-5-11-17-15;;/h1-11H;1H3;1H2. The molecule has 3 nitrogen and oxygen atoms in total. The quantitative estimate of drug-likeness (QED) is 0.769. The fraction of sp³-hybridized carbons (Fsp3) is 0. The summed E-state index contributed by atoms with van der Waals surface area (Å²) in [5, 5.41) is 2.08. The van der Waals surface area contributed by atoms with Gasteiger partial charge in [-0.15, -0.1) is 11.3 Å². The van der Waals surface area contributed by atoms with Crippen LogP contribution in [0.15, 0.2) is 66.0 Å². The van der Waals surface area contributed by atoms with E-state index in [2.05, 4.69) is 41.8 Å². The van der Waals surface area contributed by atoms with E-state index in [9.17, 15) is 0 Å². The van der Waals surface area contributed by atoms with Gasteiger partial charge in [0.05, 0.1) is 16.3 Å². The van der Waals surface area contributed by atoms with Gasteiger partial charge in [0, 0.05) is 5.56 Å². The Hall–Kier alpha value is -2.01. The molecular formula is C15H16N2OS. The molecule has 1 aromatic carbocycles. The summed E-state index contributed by atoms with van der Waals surface area (Å²) >= 11 is 1.72. The zero-order valence-electron chi connectivity index (χ0n) is 10.4. The van der Waals surface area contributed by atoms with Crippen LogP contribution in [-0.4, -0.2) is 10.5 Å². The summed E-state index contributed by atoms with van der Waals surface area (Å²) in [6.45, 7) is 0. The summed E-state index contributed by atoms with van der Waals surface area (Å²) < 4.78 is 0. The summed E-state index contributed by atoms with van der Waals surface area (Å²) in [4.78, 5) is 5.91. The zero-order valence-corrected chi connectivity index (χ0v) is 11.2. The second-order valence-electron chi connectivity index (χ2n) is 3.75. The summed E-state index contributed by atoms with van der Waals surface area (Å²) in [5.74, 6) is 0. The van der Waals surface area contributed by atoms with Crippen LogP contribution in [-0.2, 0) is 0 Å². The van der Waals surface area contributed by atoms with Crippen molar-refractivity contribution in [3.63, 3.8) is 0 Å². The molecule has 0 spiro atoms. The molecule has 0 aliphatic rings. The Morgan fingerprint density at radius 2 is 1.47 bits per heavy atom. The van der Waals surface area contributed by atoms with E-state index < -0.39 is 0 Å². The Balaban J connectivity index is 0.000000902. The monoisotopic (exact) mass is 272 g/mol. The molecule has 0 aliphatic heterocycles. The van der Waals surface area contributed by atoms with Crippen LogP contribution < -0.4 is 6.15 Å². The van der Waals surface area contributed by atoms with Crippen molar-refractivity contribution in [3.05, 3.63) is 66.0 Å². The van der Waals surface area contributed by atoms with Gasteiger partial charge < -0.3 is 11.6 Å². The van der Waals surface area contributed by atoms with Crippen molar-refractivity contribution in [1.29, 1.82) is 0 Å². The number of hydrogen-bond acceptors (Lipinski definition) is 3. The second-order valence-corrected chi connectivity index (χ2v) is 4.70. The topological polar surface area (TPSA) is 79.4 Å². The van der Waals surface area contributed by atoms with E-state index >= 15 is 0 Å². The van der Waals surface area contributed by atoms with Gasteiger partial charge >= 0.3 is 0 Å². The molecule has 0 radical (unpaired) electrons. The first-order valence-corrected chi connectivity index (χ1v) is 6.38. The maximum Gasteiger partial charge on any atom is 0.0809 e. The van der Waals surface area contributed by atoms with E-state index in [1.54, 1.807) is 11.3 Å². The van der Waals surface area contributed by atoms with E-state index in [4.69, 9.17) is 4.98 Å². The first-order valence-electron chi connectivity index (χ1n) is 5.50. The van der Waals surface area contributed by atoms with E-state index in [0.717, 1.165) is 17.0 Å². The van der Waals surface area contributed by atoms with E-state index in [-0.39, 0.29) is 11.6 Å². The van der Waals surface area contributed by atoms with Gasteiger partial charge in [0.2, 0.25) is 0 Å². The third-order valence-electron chi connectivity index (χ3n) is 2.59. The van der Waals surface area contributed by atoms with Gasteiger partial charge in [-0.25, -0.2) is 4.98 Å². The molecule has 0 saturated heterocycles. The molecule has 5 N–H and O–H groups in total. The van der Waals surface area contributed by atoms with Crippen molar-refractivity contribution in [2.75, 3.05) is 0 Å². The maximum atomic E-state index is 4.70. The lowest BCUT2D eigenvalue weighted by Crippen LogP contribution is -1.85. The van der Waals surface area contributed by atoms with Gasteiger partial charge in [-0.3, -0.25) is 0 Å². The summed E-state index contributed by atoms with van der Waals surface area (Å²) in [6.07, 6.45) is 0. The summed E-state index contributed by atoms with van der Waals surface area (Å²) in [6, 6.07) is 20.6. The molecule has 98 valence electrons. The van der Waals surface area contributed by atoms with Crippen molar-refractivity contribution in [2.45, 2.75) is 0 Å². The third kappa shape index (κ3) is 3.26. The van der Waals surface area contributed by atoms with Crippen molar-refractivity contribution >= 4 is 11.3 Å². The Morgan fingerprint density at radius 1 is 0.737 bits per heavy atom. The Morgan fingerprint density at radius 3 is 2.16 bits per heavy atom. The lowest BCUT2D eigenvalue weighted by atomic mass is 10.1. The highest BCUT2D eigenvalue weighted by molar-refractivity contribution is 7.13. The number of aromatic nitrogens is 1. The molecule has 2 aromatic heterocycles. The van der Waals surface area contributed by atoms with Crippen LogP contribution in [0, 0.1) is 0 Å². The number of benzene rings is 1. The molecule has 2 heterocycles.